The van der Waals surface area contributed by atoms with Gasteiger partial charge in [-0.05, 0) is 65.9 Å². The lowest BCUT2D eigenvalue weighted by molar-refractivity contribution is 0.0693. The van der Waals surface area contributed by atoms with Gasteiger partial charge in [0.25, 0.3) is 5.56 Å². The van der Waals surface area contributed by atoms with Crippen LogP contribution in [0, 0.1) is 10.8 Å². The molecule has 0 aliphatic heterocycles. The van der Waals surface area contributed by atoms with Crippen LogP contribution in [0.2, 0.25) is 15.7 Å². The molecule has 5 rings (SSSR count). The van der Waals surface area contributed by atoms with Crippen LogP contribution in [-0.4, -0.2) is 63.2 Å². The molecule has 0 atom stereocenters. The molecule has 3 aromatic heterocycles. The lowest BCUT2D eigenvalue weighted by atomic mass is 9.88. The summed E-state index contributed by atoms with van der Waals surface area (Å²) in [6.45, 7) is 18.3. The number of carboxylic acid groups (broad SMARTS) is 1. The summed E-state index contributed by atoms with van der Waals surface area (Å²) in [7, 11) is 0. The number of carbonyl (C=O) groups excluding carboxylic acids is 2. The number of nitrogens with zero attached hydrogens (tertiary/aromatic N) is 4. The Bertz CT molecular complexity index is 2260. The quantitative estimate of drug-likeness (QED) is 0.0531. The molecule has 0 bridgehead atoms. The van der Waals surface area contributed by atoms with Crippen molar-refractivity contribution < 1.29 is 29.3 Å². The summed E-state index contributed by atoms with van der Waals surface area (Å²) in [5.74, 6) is -1.25. The third-order valence-corrected chi connectivity index (χ3v) is 7.37. The summed E-state index contributed by atoms with van der Waals surface area (Å²) in [4.78, 5) is 74.6. The Morgan fingerprint density at radius 2 is 1.15 bits per heavy atom. The van der Waals surface area contributed by atoms with Gasteiger partial charge < -0.3 is 25.7 Å². The number of aromatic carboxylic acids is 1. The first-order valence-corrected chi connectivity index (χ1v) is 19.7. The minimum absolute atomic E-state index is 0. The first-order chi connectivity index (χ1) is 28.2. The zero-order valence-electron chi connectivity index (χ0n) is 35.7. The molecule has 6 N–H and O–H groups in total. The number of ether oxygens (including phenoxy) is 1. The Hall–Kier alpha value is -5.32. The van der Waals surface area contributed by atoms with Crippen LogP contribution < -0.4 is 21.7 Å². The van der Waals surface area contributed by atoms with Crippen molar-refractivity contribution in [3.8, 4) is 5.88 Å². The van der Waals surface area contributed by atoms with Crippen molar-refractivity contribution in [3.63, 3.8) is 0 Å². The number of ketones is 2. The van der Waals surface area contributed by atoms with Crippen molar-refractivity contribution in [1.29, 1.82) is 0 Å². The Balaban J connectivity index is 0.000000414. The number of hydrogen-bond donors (Lipinski definition) is 5. The topological polar surface area (TPSA) is 244 Å². The average molecular weight is 903 g/mol. The van der Waals surface area contributed by atoms with E-state index in [1.165, 1.54) is 12.4 Å². The normalized spacial score (nSPS) is 10.8. The molecule has 0 saturated carbocycles. The van der Waals surface area contributed by atoms with Gasteiger partial charge in [0.2, 0.25) is 16.4 Å². The number of aromatic amines is 2. The van der Waals surface area contributed by atoms with Gasteiger partial charge in [-0.1, -0.05) is 114 Å². The monoisotopic (exact) mass is 901 g/mol. The number of carbonyl (C=O) groups is 3. The third kappa shape index (κ3) is 24.5. The van der Waals surface area contributed by atoms with Crippen LogP contribution in [0.1, 0.15) is 117 Å². The number of benzene rings is 2. The summed E-state index contributed by atoms with van der Waals surface area (Å²) < 4.78 is 5.68. The number of rotatable bonds is 9. The first-order valence-electron chi connectivity index (χ1n) is 18.6. The minimum Gasteiger partial charge on any atom is -0.477 e. The molecule has 2 aromatic carbocycles. The van der Waals surface area contributed by atoms with E-state index in [4.69, 9.17) is 55.5 Å². The van der Waals surface area contributed by atoms with Crippen molar-refractivity contribution in [3.05, 3.63) is 144 Å². The van der Waals surface area contributed by atoms with Crippen LogP contribution in [0.25, 0.3) is 0 Å². The second-order valence-corrected chi connectivity index (χ2v) is 17.6. The summed E-state index contributed by atoms with van der Waals surface area (Å²) in [6.07, 6.45) is 4.44. The molecule has 0 saturated heterocycles. The third-order valence-electron chi connectivity index (χ3n) is 6.71. The zero-order valence-corrected chi connectivity index (χ0v) is 37.9. The fourth-order valence-electron chi connectivity index (χ4n) is 4.21. The van der Waals surface area contributed by atoms with Gasteiger partial charge in [0.05, 0.1) is 17.7 Å². The highest BCUT2D eigenvalue weighted by Gasteiger charge is 2.22. The molecule has 15 nitrogen and oxygen atoms in total. The average Bonchev–Trinajstić information content (AvgIpc) is 3.13. The van der Waals surface area contributed by atoms with Crippen LogP contribution in [-0.2, 0) is 13.2 Å². The Morgan fingerprint density at radius 1 is 0.705 bits per heavy atom. The molecule has 0 aliphatic carbocycles. The number of hydrogen-bond acceptors (Lipinski definition) is 12. The van der Waals surface area contributed by atoms with Gasteiger partial charge in [-0.15, -0.1) is 0 Å². The van der Waals surface area contributed by atoms with E-state index in [1.807, 2.05) is 128 Å². The highest BCUT2D eigenvalue weighted by Crippen LogP contribution is 2.26. The molecule has 0 spiro atoms. The molecule has 5 aromatic rings. The summed E-state index contributed by atoms with van der Waals surface area (Å²) in [6, 6.07) is 19.2. The van der Waals surface area contributed by atoms with Crippen molar-refractivity contribution >= 4 is 52.3 Å². The predicted molar refractivity (Wildman–Crippen MR) is 238 cm³/mol. The number of nitrogens with one attached hydrogen (secondary N) is 2. The number of nitrogens with two attached hydrogens (primary N) is 1. The van der Waals surface area contributed by atoms with Crippen LogP contribution in [0.4, 0.5) is 0 Å². The largest absolute Gasteiger partial charge is 0.477 e. The summed E-state index contributed by atoms with van der Waals surface area (Å²) in [5, 5.41) is 17.1. The second-order valence-electron chi connectivity index (χ2n) is 16.6. The van der Waals surface area contributed by atoms with E-state index in [9.17, 15) is 24.0 Å². The van der Waals surface area contributed by atoms with Gasteiger partial charge in [-0.3, -0.25) is 19.4 Å². The van der Waals surface area contributed by atoms with Crippen molar-refractivity contribution in [2.75, 3.05) is 0 Å². The standard InChI is InChI=1S/C17H19ClN2O2.C10H12Cl2N2O.C7H8O.C5H4N2O4.C4H11N/c1-17(2,3)9-14(21)13-10-19-16(18)20-15(13)22-11-12-7-5-4-6-8-12;1-10(2,3)4-7(15)6-5-13-9(12)14-8(6)11;8-6-7-4-2-1-3-5-7;8-3-2(4(9)10)1-6-5(11)7-3;1-4(2,3)5/h4-8,10H,9,11H2,1-3H3;5H,4H2,1-3H3;1-5,8H,6H2;1H,(H,9,10)(H2,6,7,8,11);5H2,1-3H3. The number of aliphatic hydroxyl groups excluding tert-OH is 1. The van der Waals surface area contributed by atoms with Gasteiger partial charge in [-0.2, -0.15) is 4.98 Å². The SMILES string of the molecule is CC(C)(C)CC(=O)c1cnc(Cl)nc1Cl.CC(C)(C)CC(=O)c1cnc(Cl)nc1OCc1ccccc1.CC(C)(C)N.O=C(O)c1c[nH]c(=O)[nH]c1=O.OCc1ccccc1. The number of Topliss-reactive ketones (excluding diaryl/α,β-unsaturated/α-hetero) is 2. The van der Waals surface area contributed by atoms with E-state index < -0.39 is 22.8 Å². The maximum absolute atomic E-state index is 12.4. The van der Waals surface area contributed by atoms with Crippen LogP contribution >= 0.6 is 34.8 Å². The number of aromatic nitrogens is 6. The van der Waals surface area contributed by atoms with Gasteiger partial charge in [0, 0.05) is 37.0 Å². The van der Waals surface area contributed by atoms with Crippen LogP contribution in [0.15, 0.2) is 88.8 Å². The van der Waals surface area contributed by atoms with Crippen molar-refractivity contribution in [2.45, 2.75) is 93.9 Å². The number of aliphatic hydroxyl groups is 1. The van der Waals surface area contributed by atoms with E-state index in [2.05, 4.69) is 19.9 Å². The van der Waals surface area contributed by atoms with Crippen molar-refractivity contribution in [1.82, 2.24) is 29.9 Å². The fraction of sp³-hybridized carbons (Fsp3) is 0.372. The van der Waals surface area contributed by atoms with E-state index in [-0.39, 0.29) is 56.1 Å². The molecule has 18 heteroatoms. The smallest absolute Gasteiger partial charge is 0.342 e. The number of H-pyrrole nitrogens is 2. The molecule has 0 radical (unpaired) electrons. The van der Waals surface area contributed by atoms with E-state index in [1.54, 1.807) is 4.98 Å². The summed E-state index contributed by atoms with van der Waals surface area (Å²) >= 11 is 17.2. The molecular formula is C43H54Cl3N7O8. The Morgan fingerprint density at radius 3 is 1.56 bits per heavy atom. The highest BCUT2D eigenvalue weighted by atomic mass is 35.5. The molecule has 0 aliphatic rings. The van der Waals surface area contributed by atoms with Crippen LogP contribution in [0.3, 0.4) is 0 Å². The summed E-state index contributed by atoms with van der Waals surface area (Å²) in [5.41, 5.74) is 5.71. The number of carboxylic acids is 1. The predicted octanol–water partition coefficient (Wildman–Crippen LogP) is 8.41. The minimum atomic E-state index is -1.37. The van der Waals surface area contributed by atoms with Gasteiger partial charge in [0.15, 0.2) is 11.6 Å². The maximum atomic E-state index is 12.4. The Labute approximate surface area is 370 Å². The highest BCUT2D eigenvalue weighted by molar-refractivity contribution is 6.34. The lowest BCUT2D eigenvalue weighted by Crippen LogP contribution is -2.26. The van der Waals surface area contributed by atoms with Crippen LogP contribution in [0.5, 0.6) is 5.88 Å². The van der Waals surface area contributed by atoms with E-state index in [0.29, 0.717) is 30.6 Å². The molecule has 3 heterocycles. The molecule has 61 heavy (non-hydrogen) atoms. The molecule has 0 unspecified atom stereocenters. The molecular weight excluding hydrogens is 849 g/mol. The molecule has 330 valence electrons. The van der Waals surface area contributed by atoms with Gasteiger partial charge >= 0.3 is 11.7 Å². The van der Waals surface area contributed by atoms with Gasteiger partial charge in [-0.25, -0.2) is 24.5 Å². The van der Waals surface area contributed by atoms with Crippen molar-refractivity contribution in [2.24, 2.45) is 16.6 Å². The first kappa shape index (κ1) is 53.7. The van der Waals surface area contributed by atoms with E-state index >= 15 is 0 Å². The fourth-order valence-corrected chi connectivity index (χ4v) is 4.74. The lowest BCUT2D eigenvalue weighted by Gasteiger charge is -2.17. The number of halogens is 3. The maximum Gasteiger partial charge on any atom is 0.342 e. The second kappa shape index (κ2) is 25.5. The van der Waals surface area contributed by atoms with E-state index in [0.717, 1.165) is 17.3 Å². The van der Waals surface area contributed by atoms with Gasteiger partial charge in [0.1, 0.15) is 17.3 Å². The molecule has 0 amide bonds. The zero-order chi connectivity index (χ0) is 46.6. The molecule has 0 fully saturated rings. The Kier molecular flexibility index (Phi) is 22.4.